The molecule has 1 aliphatic heterocycles. The second-order valence-corrected chi connectivity index (χ2v) is 7.00. The smallest absolute Gasteiger partial charge is 0.308 e. The number of pyridine rings is 1. The predicted octanol–water partition coefficient (Wildman–Crippen LogP) is 2.63. The van der Waals surface area contributed by atoms with Crippen molar-refractivity contribution in [2.45, 2.75) is 19.0 Å². The summed E-state index contributed by atoms with van der Waals surface area (Å²) in [5.41, 5.74) is 3.16. The molecule has 3 aromatic rings. The molecule has 1 N–H and O–H groups in total. The molecule has 1 saturated heterocycles. The molecule has 4 rings (SSSR count). The van der Waals surface area contributed by atoms with Crippen LogP contribution in [-0.4, -0.2) is 43.6 Å². The summed E-state index contributed by atoms with van der Waals surface area (Å²) in [6.07, 6.45) is 5.43. The number of aliphatic carboxylic acids is 1. The highest BCUT2D eigenvalue weighted by atomic mass is 16.4. The fourth-order valence-electron chi connectivity index (χ4n) is 3.79. The zero-order chi connectivity index (χ0) is 18.6. The fraction of sp³-hybridized carbons (Fsp3) is 0.286. The molecular weight excluding hydrogens is 340 g/mol. The largest absolute Gasteiger partial charge is 0.481 e. The second kappa shape index (κ2) is 7.72. The molecule has 6 heteroatoms. The Morgan fingerprint density at radius 1 is 1.07 bits per heavy atom. The molecule has 1 fully saturated rings. The maximum absolute atomic E-state index is 11.8. The van der Waals surface area contributed by atoms with Crippen LogP contribution in [0.25, 0.3) is 0 Å². The third kappa shape index (κ3) is 3.90. The van der Waals surface area contributed by atoms with E-state index in [1.54, 1.807) is 6.20 Å². The zero-order valence-corrected chi connectivity index (χ0v) is 15.0. The van der Waals surface area contributed by atoms with Crippen LogP contribution in [0.3, 0.4) is 0 Å². The van der Waals surface area contributed by atoms with Crippen LogP contribution in [0, 0.1) is 5.92 Å². The van der Waals surface area contributed by atoms with E-state index in [1.165, 1.54) is 5.56 Å². The Labute approximate surface area is 158 Å². The minimum Gasteiger partial charge on any atom is -0.481 e. The Kier molecular flexibility index (Phi) is 4.98. The van der Waals surface area contributed by atoms with Crippen LogP contribution in [-0.2, 0) is 17.9 Å². The SMILES string of the molecule is O=C(O)[C@@H]1CN(Cc2cncn2Cc2ccccc2)C[C@H]1c1ccccn1. The van der Waals surface area contributed by atoms with Crippen LogP contribution in [0.2, 0.25) is 0 Å². The van der Waals surface area contributed by atoms with Gasteiger partial charge in [0.15, 0.2) is 0 Å². The third-order valence-corrected chi connectivity index (χ3v) is 5.16. The first-order chi connectivity index (χ1) is 13.2. The number of benzene rings is 1. The van der Waals surface area contributed by atoms with Crippen molar-refractivity contribution in [2.24, 2.45) is 5.92 Å². The highest BCUT2D eigenvalue weighted by molar-refractivity contribution is 5.72. The standard InChI is InChI=1S/C21H22N4O2/c26-21(27)19-14-24(13-18(19)20-8-4-5-9-23-20)12-17-10-22-15-25(17)11-16-6-2-1-3-7-16/h1-10,15,18-19H,11-14H2,(H,26,27)/t18-,19-/m1/s1. The van der Waals surface area contributed by atoms with Gasteiger partial charge in [-0.1, -0.05) is 36.4 Å². The van der Waals surface area contributed by atoms with Crippen LogP contribution in [0.5, 0.6) is 0 Å². The third-order valence-electron chi connectivity index (χ3n) is 5.16. The molecule has 2 aromatic heterocycles. The lowest BCUT2D eigenvalue weighted by molar-refractivity contribution is -0.141. The maximum Gasteiger partial charge on any atom is 0.308 e. The number of carboxylic acid groups (broad SMARTS) is 1. The lowest BCUT2D eigenvalue weighted by Crippen LogP contribution is -2.24. The summed E-state index contributed by atoms with van der Waals surface area (Å²) in [7, 11) is 0. The normalized spacial score (nSPS) is 20.0. The van der Waals surface area contributed by atoms with Gasteiger partial charge >= 0.3 is 5.97 Å². The van der Waals surface area contributed by atoms with Crippen LogP contribution < -0.4 is 0 Å². The van der Waals surface area contributed by atoms with Crippen LogP contribution >= 0.6 is 0 Å². The van der Waals surface area contributed by atoms with Crippen LogP contribution in [0.1, 0.15) is 22.9 Å². The van der Waals surface area contributed by atoms with Gasteiger partial charge < -0.3 is 9.67 Å². The predicted molar refractivity (Wildman–Crippen MR) is 101 cm³/mol. The summed E-state index contributed by atoms with van der Waals surface area (Å²) >= 11 is 0. The zero-order valence-electron chi connectivity index (χ0n) is 15.0. The maximum atomic E-state index is 11.8. The Morgan fingerprint density at radius 2 is 1.89 bits per heavy atom. The molecule has 3 heterocycles. The van der Waals surface area contributed by atoms with Gasteiger partial charge in [-0.25, -0.2) is 4.98 Å². The Morgan fingerprint density at radius 3 is 2.63 bits per heavy atom. The number of hydrogen-bond donors (Lipinski definition) is 1. The minimum absolute atomic E-state index is 0.0887. The molecule has 0 aliphatic carbocycles. The number of rotatable bonds is 6. The van der Waals surface area contributed by atoms with Crippen molar-refractivity contribution in [1.82, 2.24) is 19.4 Å². The number of aromatic nitrogens is 3. The van der Waals surface area contributed by atoms with Gasteiger partial charge in [-0.2, -0.15) is 0 Å². The highest BCUT2D eigenvalue weighted by Gasteiger charge is 2.39. The summed E-state index contributed by atoms with van der Waals surface area (Å²) in [5, 5.41) is 9.67. The van der Waals surface area contributed by atoms with E-state index < -0.39 is 11.9 Å². The van der Waals surface area contributed by atoms with Crippen molar-refractivity contribution < 1.29 is 9.90 Å². The lowest BCUT2D eigenvalue weighted by Gasteiger charge is -2.17. The van der Waals surface area contributed by atoms with Gasteiger partial charge in [-0.3, -0.25) is 14.7 Å². The first kappa shape index (κ1) is 17.4. The quantitative estimate of drug-likeness (QED) is 0.730. The summed E-state index contributed by atoms with van der Waals surface area (Å²) in [6, 6.07) is 15.9. The van der Waals surface area contributed by atoms with E-state index in [2.05, 4.69) is 31.6 Å². The van der Waals surface area contributed by atoms with Gasteiger partial charge in [0.2, 0.25) is 0 Å². The molecule has 0 spiro atoms. The molecule has 138 valence electrons. The minimum atomic E-state index is -0.758. The number of nitrogens with zero attached hydrogens (tertiary/aromatic N) is 4. The van der Waals surface area contributed by atoms with E-state index in [0.29, 0.717) is 19.6 Å². The molecule has 0 radical (unpaired) electrons. The van der Waals surface area contributed by atoms with Gasteiger partial charge in [0, 0.05) is 50.2 Å². The monoisotopic (exact) mass is 362 g/mol. The lowest BCUT2D eigenvalue weighted by atomic mass is 9.93. The number of carboxylic acids is 1. The van der Waals surface area contributed by atoms with Crippen LogP contribution in [0.15, 0.2) is 67.3 Å². The topological polar surface area (TPSA) is 71.2 Å². The number of hydrogen-bond acceptors (Lipinski definition) is 4. The Balaban J connectivity index is 1.49. The van der Waals surface area contributed by atoms with Crippen molar-refractivity contribution in [2.75, 3.05) is 13.1 Å². The number of likely N-dealkylation sites (tertiary alicyclic amines) is 1. The first-order valence-corrected chi connectivity index (χ1v) is 9.09. The van der Waals surface area contributed by atoms with Crippen molar-refractivity contribution >= 4 is 5.97 Å². The summed E-state index contributed by atoms with van der Waals surface area (Å²) in [4.78, 5) is 22.7. The van der Waals surface area contributed by atoms with E-state index in [-0.39, 0.29) is 5.92 Å². The molecule has 0 saturated carbocycles. The summed E-state index contributed by atoms with van der Waals surface area (Å²) < 4.78 is 2.12. The molecule has 27 heavy (non-hydrogen) atoms. The molecule has 1 aromatic carbocycles. The Hall–Kier alpha value is -2.99. The van der Waals surface area contributed by atoms with Crippen LogP contribution in [0.4, 0.5) is 0 Å². The van der Waals surface area contributed by atoms with E-state index in [4.69, 9.17) is 0 Å². The van der Waals surface area contributed by atoms with Crippen molar-refractivity contribution in [3.63, 3.8) is 0 Å². The summed E-state index contributed by atoms with van der Waals surface area (Å²) in [5.74, 6) is -1.29. The molecule has 0 amide bonds. The van der Waals surface area contributed by atoms with Gasteiger partial charge in [-0.05, 0) is 17.7 Å². The van der Waals surface area contributed by atoms with Crippen molar-refractivity contribution in [1.29, 1.82) is 0 Å². The van der Waals surface area contributed by atoms with Gasteiger partial charge in [0.25, 0.3) is 0 Å². The highest BCUT2D eigenvalue weighted by Crippen LogP contribution is 2.32. The average molecular weight is 362 g/mol. The summed E-state index contributed by atoms with van der Waals surface area (Å²) in [6.45, 7) is 2.65. The van der Waals surface area contributed by atoms with Gasteiger partial charge in [0.05, 0.1) is 17.9 Å². The van der Waals surface area contributed by atoms with E-state index in [9.17, 15) is 9.90 Å². The molecule has 2 atom stereocenters. The Bertz CT molecular complexity index is 895. The van der Waals surface area contributed by atoms with E-state index >= 15 is 0 Å². The van der Waals surface area contributed by atoms with E-state index in [0.717, 1.165) is 17.9 Å². The van der Waals surface area contributed by atoms with E-state index in [1.807, 2.05) is 48.9 Å². The number of carbonyl (C=O) groups is 1. The van der Waals surface area contributed by atoms with Gasteiger partial charge in [0.1, 0.15) is 0 Å². The van der Waals surface area contributed by atoms with Crippen molar-refractivity contribution in [3.05, 3.63) is 84.2 Å². The van der Waals surface area contributed by atoms with Crippen molar-refractivity contribution in [3.8, 4) is 0 Å². The fourth-order valence-corrected chi connectivity index (χ4v) is 3.79. The molecule has 0 unspecified atom stereocenters. The average Bonchev–Trinajstić information content (AvgIpc) is 3.31. The molecule has 0 bridgehead atoms. The molecular formula is C21H22N4O2. The first-order valence-electron chi connectivity index (χ1n) is 9.09. The van der Waals surface area contributed by atoms with Gasteiger partial charge in [-0.15, -0.1) is 0 Å². The second-order valence-electron chi connectivity index (χ2n) is 7.00. The molecule has 1 aliphatic rings. The number of imidazole rings is 1. The molecule has 6 nitrogen and oxygen atoms in total.